The number of amides is 2. The summed E-state index contributed by atoms with van der Waals surface area (Å²) < 4.78 is 0. The minimum Gasteiger partial charge on any atom is -0.347 e. The molecular weight excluding hydrogens is 338 g/mol. The van der Waals surface area contributed by atoms with Gasteiger partial charge in [0.05, 0.1) is 6.54 Å². The van der Waals surface area contributed by atoms with Gasteiger partial charge in [0.1, 0.15) is 0 Å². The third-order valence-corrected chi connectivity index (χ3v) is 6.85. The van der Waals surface area contributed by atoms with Crippen LogP contribution < -0.4 is 10.6 Å². The Labute approximate surface area is 161 Å². The van der Waals surface area contributed by atoms with Crippen LogP contribution in [0, 0.1) is 17.3 Å². The predicted molar refractivity (Wildman–Crippen MR) is 105 cm³/mol. The van der Waals surface area contributed by atoms with Crippen molar-refractivity contribution in [2.24, 2.45) is 17.3 Å². The molecule has 1 aromatic carbocycles. The first-order valence-electron chi connectivity index (χ1n) is 10.5. The van der Waals surface area contributed by atoms with E-state index in [9.17, 15) is 9.59 Å². The van der Waals surface area contributed by atoms with Crippen molar-refractivity contribution < 1.29 is 9.59 Å². The average molecular weight is 370 g/mol. The number of carbonyl (C=O) groups excluding carboxylic acids is 2. The Morgan fingerprint density at radius 1 is 1.11 bits per heavy atom. The fourth-order valence-corrected chi connectivity index (χ4v) is 4.93. The summed E-state index contributed by atoms with van der Waals surface area (Å²) in [6.45, 7) is 3.81. The molecule has 2 aliphatic heterocycles. The number of piperidine rings is 2. The zero-order valence-electron chi connectivity index (χ0n) is 16.1. The molecule has 2 heterocycles. The Morgan fingerprint density at radius 2 is 1.81 bits per heavy atom. The summed E-state index contributed by atoms with van der Waals surface area (Å²) in [5.41, 5.74) is 1.61. The summed E-state index contributed by atoms with van der Waals surface area (Å²) in [7, 11) is 0. The highest BCUT2D eigenvalue weighted by molar-refractivity contribution is 5.87. The number of hydrogen-bond donors (Lipinski definition) is 2. The molecule has 0 bridgehead atoms. The Balaban J connectivity index is 1.17. The number of likely N-dealkylation sites (tertiary alicyclic amines) is 1. The lowest BCUT2D eigenvalue weighted by Gasteiger charge is -2.32. The summed E-state index contributed by atoms with van der Waals surface area (Å²) in [4.78, 5) is 26.8. The second kappa shape index (κ2) is 8.01. The fraction of sp³-hybridized carbons (Fsp3) is 0.636. The molecule has 1 atom stereocenters. The van der Waals surface area contributed by atoms with Crippen LogP contribution in [-0.4, -0.2) is 49.4 Å². The van der Waals surface area contributed by atoms with Crippen molar-refractivity contribution in [2.75, 3.05) is 32.7 Å². The maximum Gasteiger partial charge on any atom is 0.241 e. The zero-order valence-corrected chi connectivity index (χ0v) is 16.1. The summed E-state index contributed by atoms with van der Waals surface area (Å²) in [5.74, 6) is 0.937. The van der Waals surface area contributed by atoms with Crippen molar-refractivity contribution >= 4 is 11.8 Å². The molecule has 0 radical (unpaired) electrons. The van der Waals surface area contributed by atoms with Gasteiger partial charge in [-0.25, -0.2) is 0 Å². The summed E-state index contributed by atoms with van der Waals surface area (Å²) in [6, 6.07) is 10.6. The first-order valence-corrected chi connectivity index (χ1v) is 10.5. The molecule has 2 saturated heterocycles. The molecule has 1 aromatic rings. The van der Waals surface area contributed by atoms with Crippen LogP contribution in [0.5, 0.6) is 0 Å². The first kappa shape index (κ1) is 18.5. The number of carbonyl (C=O) groups is 2. The van der Waals surface area contributed by atoms with E-state index in [0.29, 0.717) is 5.92 Å². The van der Waals surface area contributed by atoms with Gasteiger partial charge in [-0.1, -0.05) is 30.3 Å². The molecule has 1 saturated carbocycles. The zero-order chi connectivity index (χ0) is 18.7. The van der Waals surface area contributed by atoms with Crippen molar-refractivity contribution in [3.05, 3.63) is 35.9 Å². The molecule has 0 aromatic heterocycles. The number of nitrogens with one attached hydrogen (secondary N) is 2. The number of rotatable bonds is 5. The van der Waals surface area contributed by atoms with Crippen LogP contribution >= 0.6 is 0 Å². The molecule has 1 aliphatic carbocycles. The van der Waals surface area contributed by atoms with E-state index in [-0.39, 0.29) is 29.7 Å². The highest BCUT2D eigenvalue weighted by atomic mass is 16.2. The van der Waals surface area contributed by atoms with Crippen LogP contribution in [-0.2, 0) is 16.0 Å². The minimum atomic E-state index is 0.0709. The van der Waals surface area contributed by atoms with Gasteiger partial charge >= 0.3 is 0 Å². The highest BCUT2D eigenvalue weighted by Crippen LogP contribution is 2.58. The average Bonchev–Trinajstić information content (AvgIpc) is 3.40. The van der Waals surface area contributed by atoms with Crippen LogP contribution in [0.1, 0.15) is 37.7 Å². The Kier molecular flexibility index (Phi) is 5.48. The molecule has 2 N–H and O–H groups in total. The molecule has 3 aliphatic rings. The molecular formula is C22H31N3O2. The number of hydrogen-bond acceptors (Lipinski definition) is 3. The molecule has 5 nitrogen and oxygen atoms in total. The molecule has 4 rings (SSSR count). The van der Waals surface area contributed by atoms with E-state index < -0.39 is 0 Å². The van der Waals surface area contributed by atoms with Gasteiger partial charge in [-0.2, -0.15) is 0 Å². The van der Waals surface area contributed by atoms with Crippen molar-refractivity contribution in [2.45, 2.75) is 38.5 Å². The lowest BCUT2D eigenvalue weighted by atomic mass is 9.90. The van der Waals surface area contributed by atoms with Gasteiger partial charge < -0.3 is 15.5 Å². The Morgan fingerprint density at radius 3 is 2.52 bits per heavy atom. The summed E-state index contributed by atoms with van der Waals surface area (Å²) in [6.07, 6.45) is 6.38. The van der Waals surface area contributed by atoms with E-state index in [2.05, 4.69) is 34.9 Å². The highest BCUT2D eigenvalue weighted by Gasteiger charge is 2.57. The molecule has 146 valence electrons. The van der Waals surface area contributed by atoms with Gasteiger partial charge in [0.2, 0.25) is 11.8 Å². The molecule has 27 heavy (non-hydrogen) atoms. The lowest BCUT2D eigenvalue weighted by molar-refractivity contribution is -0.134. The standard InChI is InChI=1S/C22H31N3O2/c26-20(16-24-21(27)19-15-22(19)8-10-23-11-9-22)25-12-6-18(7-13-25)14-17-4-2-1-3-5-17/h1-5,18-19,23H,6-16H2,(H,24,27). The minimum absolute atomic E-state index is 0.0709. The first-order chi connectivity index (χ1) is 13.2. The van der Waals surface area contributed by atoms with Crippen molar-refractivity contribution in [1.29, 1.82) is 0 Å². The quantitative estimate of drug-likeness (QED) is 0.834. The summed E-state index contributed by atoms with van der Waals surface area (Å²) in [5, 5.41) is 6.27. The van der Waals surface area contributed by atoms with E-state index in [1.54, 1.807) is 0 Å². The Hall–Kier alpha value is -1.88. The van der Waals surface area contributed by atoms with Gasteiger partial charge in [0.15, 0.2) is 0 Å². The van der Waals surface area contributed by atoms with E-state index in [1.807, 2.05) is 11.0 Å². The van der Waals surface area contributed by atoms with Crippen LogP contribution in [0.2, 0.25) is 0 Å². The van der Waals surface area contributed by atoms with E-state index >= 15 is 0 Å². The van der Waals surface area contributed by atoms with Crippen molar-refractivity contribution in [1.82, 2.24) is 15.5 Å². The number of benzene rings is 1. The summed E-state index contributed by atoms with van der Waals surface area (Å²) >= 11 is 0. The van der Waals surface area contributed by atoms with Crippen LogP contribution in [0.25, 0.3) is 0 Å². The largest absolute Gasteiger partial charge is 0.347 e. The normalized spacial score (nSPS) is 24.6. The van der Waals surface area contributed by atoms with Crippen molar-refractivity contribution in [3.8, 4) is 0 Å². The maximum absolute atomic E-state index is 12.5. The molecule has 1 unspecified atom stereocenters. The third kappa shape index (κ3) is 4.34. The van der Waals surface area contributed by atoms with Gasteiger partial charge in [-0.15, -0.1) is 0 Å². The van der Waals surface area contributed by atoms with E-state index in [4.69, 9.17) is 0 Å². The Bertz CT molecular complexity index is 661. The SMILES string of the molecule is O=C(NCC(=O)N1CCC(Cc2ccccc2)CC1)C1CC12CCNCC2. The monoisotopic (exact) mass is 369 g/mol. The molecule has 3 fully saturated rings. The van der Waals surface area contributed by atoms with E-state index in [0.717, 1.165) is 64.7 Å². The molecule has 5 heteroatoms. The lowest BCUT2D eigenvalue weighted by Crippen LogP contribution is -2.45. The topological polar surface area (TPSA) is 61.4 Å². The van der Waals surface area contributed by atoms with Gasteiger partial charge in [-0.3, -0.25) is 9.59 Å². The van der Waals surface area contributed by atoms with E-state index in [1.165, 1.54) is 5.56 Å². The van der Waals surface area contributed by atoms with Crippen LogP contribution in [0.15, 0.2) is 30.3 Å². The van der Waals surface area contributed by atoms with Gasteiger partial charge in [0.25, 0.3) is 0 Å². The predicted octanol–water partition coefficient (Wildman–Crippen LogP) is 1.97. The maximum atomic E-state index is 12.5. The fourth-order valence-electron chi connectivity index (χ4n) is 4.93. The van der Waals surface area contributed by atoms with Crippen LogP contribution in [0.4, 0.5) is 0 Å². The smallest absolute Gasteiger partial charge is 0.241 e. The van der Waals surface area contributed by atoms with Crippen molar-refractivity contribution in [3.63, 3.8) is 0 Å². The second-order valence-corrected chi connectivity index (χ2v) is 8.60. The molecule has 2 amide bonds. The van der Waals surface area contributed by atoms with Gasteiger partial charge in [0, 0.05) is 19.0 Å². The van der Waals surface area contributed by atoms with Gasteiger partial charge in [-0.05, 0) is 68.5 Å². The van der Waals surface area contributed by atoms with Crippen LogP contribution in [0.3, 0.4) is 0 Å². The second-order valence-electron chi connectivity index (χ2n) is 8.60. The molecule has 1 spiro atoms. The third-order valence-electron chi connectivity index (χ3n) is 6.85. The number of nitrogens with zero attached hydrogens (tertiary/aromatic N) is 1.